The van der Waals surface area contributed by atoms with Crippen molar-refractivity contribution in [3.63, 3.8) is 0 Å². The zero-order valence-electron chi connectivity index (χ0n) is 12.6. The molecule has 1 nitrogen and oxygen atoms in total. The molecule has 2 aromatic carbocycles. The van der Waals surface area contributed by atoms with Crippen molar-refractivity contribution in [2.75, 3.05) is 13.1 Å². The predicted octanol–water partition coefficient (Wildman–Crippen LogP) is 4.66. The third kappa shape index (κ3) is 2.09. The summed E-state index contributed by atoms with van der Waals surface area (Å²) in [6.45, 7) is 1.00. The van der Waals surface area contributed by atoms with E-state index in [-0.39, 0.29) is 12.6 Å². The number of halogens is 5. The molecule has 0 spiro atoms. The number of nitrogens with zero attached hydrogens (tertiary/aromatic N) is 1. The molecule has 0 bridgehead atoms. The van der Waals surface area contributed by atoms with Gasteiger partial charge in [-0.1, -0.05) is 24.3 Å². The Morgan fingerprint density at radius 1 is 0.792 bits per heavy atom. The first kappa shape index (κ1) is 15.6. The van der Waals surface area contributed by atoms with Gasteiger partial charge in [-0.15, -0.1) is 0 Å². The van der Waals surface area contributed by atoms with Gasteiger partial charge in [0.2, 0.25) is 5.82 Å². The molecule has 2 heterocycles. The van der Waals surface area contributed by atoms with Gasteiger partial charge in [-0.25, -0.2) is 22.0 Å². The zero-order valence-corrected chi connectivity index (χ0v) is 12.6. The molecule has 2 aromatic rings. The Morgan fingerprint density at radius 2 is 1.38 bits per heavy atom. The van der Waals surface area contributed by atoms with Gasteiger partial charge in [-0.2, -0.15) is 0 Å². The van der Waals surface area contributed by atoms with Crippen molar-refractivity contribution in [3.8, 4) is 0 Å². The van der Waals surface area contributed by atoms with Crippen molar-refractivity contribution in [2.45, 2.75) is 24.8 Å². The lowest BCUT2D eigenvalue weighted by Gasteiger charge is -2.37. The summed E-state index contributed by atoms with van der Waals surface area (Å²) in [5, 5.41) is 0. The van der Waals surface area contributed by atoms with Crippen LogP contribution in [-0.2, 0) is 0 Å². The molecule has 0 radical (unpaired) electrons. The molecule has 0 aromatic heterocycles. The molecule has 24 heavy (non-hydrogen) atoms. The van der Waals surface area contributed by atoms with Crippen LogP contribution in [0.15, 0.2) is 24.3 Å². The Bertz CT molecular complexity index is 790. The standard InChI is InChI=1S/C18H14F5N/c19-14-13(15(20)17(22)18(23)16(14)21)11-8-24-7-3-6-12(24)10-5-2-1-4-9(10)11/h1-2,4-5,11-12H,3,6-8H2/t11-,12+/m1/s1. The van der Waals surface area contributed by atoms with E-state index in [2.05, 4.69) is 4.90 Å². The summed E-state index contributed by atoms with van der Waals surface area (Å²) in [5.41, 5.74) is 0.822. The lowest BCUT2D eigenvalue weighted by molar-refractivity contribution is 0.225. The van der Waals surface area contributed by atoms with Crippen LogP contribution in [0.2, 0.25) is 0 Å². The van der Waals surface area contributed by atoms with Crippen LogP contribution in [0.4, 0.5) is 22.0 Å². The first-order valence-electron chi connectivity index (χ1n) is 7.85. The Morgan fingerprint density at radius 3 is 2.04 bits per heavy atom. The van der Waals surface area contributed by atoms with Gasteiger partial charge in [-0.3, -0.25) is 4.90 Å². The van der Waals surface area contributed by atoms with E-state index in [4.69, 9.17) is 0 Å². The molecule has 1 saturated heterocycles. The quantitative estimate of drug-likeness (QED) is 0.415. The summed E-state index contributed by atoms with van der Waals surface area (Å²) in [6.07, 6.45) is 1.88. The molecule has 2 atom stereocenters. The van der Waals surface area contributed by atoms with E-state index in [1.165, 1.54) is 0 Å². The second-order valence-corrected chi connectivity index (χ2v) is 6.32. The van der Waals surface area contributed by atoms with Crippen molar-refractivity contribution in [3.05, 3.63) is 70.0 Å². The normalized spacial score (nSPS) is 23.2. The summed E-state index contributed by atoms with van der Waals surface area (Å²) in [5.74, 6) is -10.2. The summed E-state index contributed by atoms with van der Waals surface area (Å²) < 4.78 is 69.2. The van der Waals surface area contributed by atoms with E-state index >= 15 is 0 Å². The molecule has 2 aliphatic rings. The summed E-state index contributed by atoms with van der Waals surface area (Å²) in [4.78, 5) is 2.06. The summed E-state index contributed by atoms with van der Waals surface area (Å²) in [7, 11) is 0. The number of hydrogen-bond acceptors (Lipinski definition) is 1. The molecule has 2 aliphatic heterocycles. The average Bonchev–Trinajstić information content (AvgIpc) is 3.07. The van der Waals surface area contributed by atoms with Gasteiger partial charge < -0.3 is 0 Å². The topological polar surface area (TPSA) is 3.24 Å². The van der Waals surface area contributed by atoms with Crippen LogP contribution in [0.25, 0.3) is 0 Å². The van der Waals surface area contributed by atoms with Crippen LogP contribution in [-0.4, -0.2) is 18.0 Å². The van der Waals surface area contributed by atoms with E-state index < -0.39 is 40.6 Å². The Kier molecular flexibility index (Phi) is 3.60. The molecule has 0 saturated carbocycles. The van der Waals surface area contributed by atoms with Crippen molar-refractivity contribution in [1.29, 1.82) is 0 Å². The van der Waals surface area contributed by atoms with Crippen LogP contribution in [0.5, 0.6) is 0 Å². The SMILES string of the molecule is Fc1c(F)c(F)c([C@@H]2CN3CCC[C@H]3c3ccccc32)c(F)c1F. The molecule has 4 rings (SSSR count). The fraction of sp³-hybridized carbons (Fsp3) is 0.333. The fourth-order valence-corrected chi connectivity index (χ4v) is 4.04. The predicted molar refractivity (Wildman–Crippen MR) is 78.1 cm³/mol. The summed E-state index contributed by atoms with van der Waals surface area (Å²) >= 11 is 0. The first-order chi connectivity index (χ1) is 11.5. The average molecular weight is 339 g/mol. The molecule has 126 valence electrons. The van der Waals surface area contributed by atoms with Crippen molar-refractivity contribution in [2.24, 2.45) is 0 Å². The number of hydrogen-bond donors (Lipinski definition) is 0. The van der Waals surface area contributed by atoms with Crippen LogP contribution >= 0.6 is 0 Å². The van der Waals surface area contributed by atoms with Crippen molar-refractivity contribution >= 4 is 0 Å². The van der Waals surface area contributed by atoms with E-state index in [1.54, 1.807) is 12.1 Å². The van der Waals surface area contributed by atoms with Crippen molar-refractivity contribution < 1.29 is 22.0 Å². The van der Waals surface area contributed by atoms with Crippen molar-refractivity contribution in [1.82, 2.24) is 4.90 Å². The van der Waals surface area contributed by atoms with Crippen LogP contribution < -0.4 is 0 Å². The molecule has 6 heteroatoms. The van der Waals surface area contributed by atoms with E-state index in [9.17, 15) is 22.0 Å². The monoisotopic (exact) mass is 339 g/mol. The van der Waals surface area contributed by atoms with Gasteiger partial charge in [0.25, 0.3) is 0 Å². The summed E-state index contributed by atoms with van der Waals surface area (Å²) in [6, 6.07) is 7.29. The minimum absolute atomic E-state index is 0.152. The van der Waals surface area contributed by atoms with Gasteiger partial charge in [0.1, 0.15) is 0 Å². The number of benzene rings is 2. The first-order valence-corrected chi connectivity index (χ1v) is 7.85. The van der Waals surface area contributed by atoms with Gasteiger partial charge in [-0.05, 0) is 30.5 Å². The minimum atomic E-state index is -2.11. The molecule has 0 aliphatic carbocycles. The van der Waals surface area contributed by atoms with Gasteiger partial charge in [0, 0.05) is 24.1 Å². The van der Waals surface area contributed by atoms with Gasteiger partial charge >= 0.3 is 0 Å². The highest BCUT2D eigenvalue weighted by Gasteiger charge is 2.40. The van der Waals surface area contributed by atoms with E-state index in [0.717, 1.165) is 24.9 Å². The Balaban J connectivity index is 1.94. The maximum absolute atomic E-state index is 14.3. The highest BCUT2D eigenvalue weighted by Crippen LogP contribution is 2.45. The van der Waals surface area contributed by atoms with E-state index in [0.29, 0.717) is 5.56 Å². The molecule has 0 unspecified atom stereocenters. The van der Waals surface area contributed by atoms with E-state index in [1.807, 2.05) is 12.1 Å². The fourth-order valence-electron chi connectivity index (χ4n) is 4.04. The van der Waals surface area contributed by atoms with Gasteiger partial charge in [0.15, 0.2) is 23.3 Å². The molecule has 0 N–H and O–H groups in total. The van der Waals surface area contributed by atoms with Gasteiger partial charge in [0.05, 0.1) is 0 Å². The zero-order chi connectivity index (χ0) is 17.0. The minimum Gasteiger partial charge on any atom is -0.295 e. The second kappa shape index (κ2) is 5.55. The molecule has 0 amide bonds. The van der Waals surface area contributed by atoms with Crippen LogP contribution in [0.3, 0.4) is 0 Å². The largest absolute Gasteiger partial charge is 0.295 e. The number of fused-ring (bicyclic) bond motifs is 3. The Hall–Kier alpha value is -1.95. The Labute approximate surface area is 135 Å². The lowest BCUT2D eigenvalue weighted by atomic mass is 9.81. The third-order valence-corrected chi connectivity index (χ3v) is 5.10. The maximum Gasteiger partial charge on any atom is 0.200 e. The van der Waals surface area contributed by atoms with Crippen LogP contribution in [0.1, 0.15) is 41.5 Å². The molecular formula is C18H14F5N. The highest BCUT2D eigenvalue weighted by atomic mass is 19.2. The highest BCUT2D eigenvalue weighted by molar-refractivity contribution is 5.44. The third-order valence-electron chi connectivity index (χ3n) is 5.10. The van der Waals surface area contributed by atoms with Crippen LogP contribution in [0, 0.1) is 29.1 Å². The molecule has 1 fully saturated rings. The molecular weight excluding hydrogens is 325 g/mol. The number of rotatable bonds is 1. The smallest absolute Gasteiger partial charge is 0.200 e. The lowest BCUT2D eigenvalue weighted by Crippen LogP contribution is -2.35. The second-order valence-electron chi connectivity index (χ2n) is 6.32. The maximum atomic E-state index is 14.3.